The van der Waals surface area contributed by atoms with Crippen LogP contribution in [0, 0.1) is 5.82 Å². The second kappa shape index (κ2) is 5.80. The summed E-state index contributed by atoms with van der Waals surface area (Å²) in [5.41, 5.74) is 7.69. The van der Waals surface area contributed by atoms with Crippen molar-refractivity contribution in [3.63, 3.8) is 0 Å². The predicted octanol–water partition coefficient (Wildman–Crippen LogP) is 2.94. The van der Waals surface area contributed by atoms with Gasteiger partial charge < -0.3 is 11.1 Å². The molecule has 0 aliphatic rings. The van der Waals surface area contributed by atoms with Crippen molar-refractivity contribution in [2.75, 3.05) is 5.32 Å². The minimum Gasteiger partial charge on any atom is -0.364 e. The first-order valence-corrected chi connectivity index (χ1v) is 5.90. The lowest BCUT2D eigenvalue weighted by Crippen LogP contribution is -2.08. The number of benzene rings is 1. The fraction of sp³-hybridized carbons (Fsp3) is 0.154. The van der Waals surface area contributed by atoms with E-state index in [9.17, 15) is 4.39 Å². The number of anilines is 1. The van der Waals surface area contributed by atoms with Gasteiger partial charge in [-0.25, -0.2) is 9.37 Å². The molecular weight excluding hydrogens is 253 g/mol. The Labute approximate surface area is 110 Å². The second-order valence-corrected chi connectivity index (χ2v) is 4.25. The normalized spacial score (nSPS) is 10.4. The Balaban J connectivity index is 2.11. The Morgan fingerprint density at radius 1 is 1.28 bits per heavy atom. The molecule has 0 radical (unpaired) electrons. The van der Waals surface area contributed by atoms with E-state index in [1.165, 1.54) is 12.3 Å². The monoisotopic (exact) mass is 265 g/mol. The van der Waals surface area contributed by atoms with E-state index in [4.69, 9.17) is 17.3 Å². The van der Waals surface area contributed by atoms with Gasteiger partial charge in [0.05, 0.1) is 5.02 Å². The third kappa shape index (κ3) is 2.97. The van der Waals surface area contributed by atoms with E-state index in [1.54, 1.807) is 0 Å². The van der Waals surface area contributed by atoms with Gasteiger partial charge in [0, 0.05) is 19.3 Å². The van der Waals surface area contributed by atoms with Crippen molar-refractivity contribution >= 4 is 17.4 Å². The van der Waals surface area contributed by atoms with Crippen LogP contribution in [0.1, 0.15) is 11.1 Å². The van der Waals surface area contributed by atoms with Crippen molar-refractivity contribution in [1.82, 2.24) is 4.98 Å². The maximum absolute atomic E-state index is 13.5. The second-order valence-electron chi connectivity index (χ2n) is 3.81. The predicted molar refractivity (Wildman–Crippen MR) is 70.9 cm³/mol. The van der Waals surface area contributed by atoms with Gasteiger partial charge in [0.15, 0.2) is 11.6 Å². The fourth-order valence-corrected chi connectivity index (χ4v) is 1.80. The van der Waals surface area contributed by atoms with E-state index in [-0.39, 0.29) is 10.8 Å². The molecule has 1 heterocycles. The maximum Gasteiger partial charge on any atom is 0.166 e. The highest BCUT2D eigenvalue weighted by atomic mass is 35.5. The minimum absolute atomic E-state index is 0.186. The summed E-state index contributed by atoms with van der Waals surface area (Å²) in [5, 5.41) is 3.21. The molecular formula is C13H13ClFN3. The largest absolute Gasteiger partial charge is 0.364 e. The molecule has 0 spiro atoms. The fourth-order valence-electron chi connectivity index (χ4n) is 1.65. The highest BCUT2D eigenvalue weighted by Crippen LogP contribution is 2.17. The standard InChI is InChI=1S/C13H13ClFN3/c14-11-5-12(15)13(18-8-11)17-7-10-4-2-1-3-9(10)6-16/h1-5,8H,6-7,16H2,(H,17,18). The van der Waals surface area contributed by atoms with Gasteiger partial charge in [-0.2, -0.15) is 0 Å². The first-order chi connectivity index (χ1) is 8.70. The van der Waals surface area contributed by atoms with Crippen LogP contribution in [0.4, 0.5) is 10.2 Å². The summed E-state index contributed by atoms with van der Waals surface area (Å²) in [6, 6.07) is 8.96. The summed E-state index contributed by atoms with van der Waals surface area (Å²) in [6.07, 6.45) is 1.40. The molecule has 2 rings (SSSR count). The van der Waals surface area contributed by atoms with Crippen molar-refractivity contribution in [3.8, 4) is 0 Å². The zero-order chi connectivity index (χ0) is 13.0. The average molecular weight is 266 g/mol. The number of nitrogens with one attached hydrogen (secondary N) is 1. The topological polar surface area (TPSA) is 50.9 Å². The van der Waals surface area contributed by atoms with Gasteiger partial charge >= 0.3 is 0 Å². The lowest BCUT2D eigenvalue weighted by Gasteiger charge is -2.10. The third-order valence-electron chi connectivity index (χ3n) is 2.59. The molecule has 0 fully saturated rings. The molecule has 2 aromatic rings. The highest BCUT2D eigenvalue weighted by molar-refractivity contribution is 6.30. The molecule has 5 heteroatoms. The Hall–Kier alpha value is -1.65. The number of aromatic nitrogens is 1. The summed E-state index contributed by atoms with van der Waals surface area (Å²) >= 11 is 5.63. The molecule has 1 aromatic carbocycles. The van der Waals surface area contributed by atoms with Crippen LogP contribution in [-0.2, 0) is 13.1 Å². The van der Waals surface area contributed by atoms with Crippen LogP contribution in [0.25, 0.3) is 0 Å². The van der Waals surface area contributed by atoms with Crippen molar-refractivity contribution in [2.45, 2.75) is 13.1 Å². The van der Waals surface area contributed by atoms with Crippen LogP contribution >= 0.6 is 11.6 Å². The molecule has 3 N–H and O–H groups in total. The van der Waals surface area contributed by atoms with Gasteiger partial charge in [-0.05, 0) is 17.2 Å². The van der Waals surface area contributed by atoms with Crippen LogP contribution in [0.3, 0.4) is 0 Å². The van der Waals surface area contributed by atoms with E-state index < -0.39 is 5.82 Å². The molecule has 0 aliphatic carbocycles. The number of hydrogen-bond donors (Lipinski definition) is 2. The molecule has 0 aliphatic heterocycles. The van der Waals surface area contributed by atoms with Crippen LogP contribution < -0.4 is 11.1 Å². The minimum atomic E-state index is -0.465. The summed E-state index contributed by atoms with van der Waals surface area (Å²) in [5.74, 6) is -0.279. The smallest absolute Gasteiger partial charge is 0.166 e. The number of pyridine rings is 1. The van der Waals surface area contributed by atoms with E-state index in [1.807, 2.05) is 24.3 Å². The Morgan fingerprint density at radius 2 is 2.00 bits per heavy atom. The van der Waals surface area contributed by atoms with Crippen LogP contribution in [0.2, 0.25) is 5.02 Å². The van der Waals surface area contributed by atoms with E-state index in [0.717, 1.165) is 11.1 Å². The third-order valence-corrected chi connectivity index (χ3v) is 2.80. The molecule has 1 aromatic heterocycles. The SMILES string of the molecule is NCc1ccccc1CNc1ncc(Cl)cc1F. The van der Waals surface area contributed by atoms with E-state index in [2.05, 4.69) is 10.3 Å². The lowest BCUT2D eigenvalue weighted by molar-refractivity contribution is 0.624. The number of rotatable bonds is 4. The van der Waals surface area contributed by atoms with Gasteiger partial charge in [-0.1, -0.05) is 35.9 Å². The molecule has 0 saturated carbocycles. The van der Waals surface area contributed by atoms with Crippen molar-refractivity contribution < 1.29 is 4.39 Å². The Bertz CT molecular complexity index is 546. The zero-order valence-electron chi connectivity index (χ0n) is 9.66. The van der Waals surface area contributed by atoms with Gasteiger partial charge in [0.25, 0.3) is 0 Å². The summed E-state index contributed by atoms with van der Waals surface area (Å²) < 4.78 is 13.5. The molecule has 0 amide bonds. The summed E-state index contributed by atoms with van der Waals surface area (Å²) in [7, 11) is 0. The molecule has 0 bridgehead atoms. The van der Waals surface area contributed by atoms with Gasteiger partial charge in [0.1, 0.15) is 0 Å². The van der Waals surface area contributed by atoms with Crippen molar-refractivity contribution in [3.05, 3.63) is 58.5 Å². The van der Waals surface area contributed by atoms with Gasteiger partial charge in [-0.3, -0.25) is 0 Å². The molecule has 94 valence electrons. The van der Waals surface area contributed by atoms with Crippen LogP contribution in [0.5, 0.6) is 0 Å². The number of halogens is 2. The van der Waals surface area contributed by atoms with Crippen molar-refractivity contribution in [1.29, 1.82) is 0 Å². The molecule has 0 atom stereocenters. The average Bonchev–Trinajstić information content (AvgIpc) is 2.38. The van der Waals surface area contributed by atoms with Gasteiger partial charge in [-0.15, -0.1) is 0 Å². The molecule has 0 unspecified atom stereocenters. The Kier molecular flexibility index (Phi) is 4.12. The molecule has 18 heavy (non-hydrogen) atoms. The molecule has 0 saturated heterocycles. The zero-order valence-corrected chi connectivity index (χ0v) is 10.4. The quantitative estimate of drug-likeness (QED) is 0.894. The van der Waals surface area contributed by atoms with Crippen LogP contribution in [0.15, 0.2) is 36.5 Å². The van der Waals surface area contributed by atoms with Crippen molar-refractivity contribution in [2.24, 2.45) is 5.73 Å². The van der Waals surface area contributed by atoms with Crippen LogP contribution in [-0.4, -0.2) is 4.98 Å². The first-order valence-electron chi connectivity index (χ1n) is 5.52. The molecule has 3 nitrogen and oxygen atoms in total. The summed E-state index contributed by atoms with van der Waals surface area (Å²) in [6.45, 7) is 0.924. The lowest BCUT2D eigenvalue weighted by atomic mass is 10.1. The highest BCUT2D eigenvalue weighted by Gasteiger charge is 2.05. The number of nitrogens with zero attached hydrogens (tertiary/aromatic N) is 1. The first kappa shape index (κ1) is 12.8. The Morgan fingerprint density at radius 3 is 2.67 bits per heavy atom. The van der Waals surface area contributed by atoms with Gasteiger partial charge in [0.2, 0.25) is 0 Å². The summed E-state index contributed by atoms with van der Waals surface area (Å²) in [4.78, 5) is 3.90. The maximum atomic E-state index is 13.5. The number of nitrogens with two attached hydrogens (primary N) is 1. The number of hydrogen-bond acceptors (Lipinski definition) is 3. The van der Waals surface area contributed by atoms with E-state index in [0.29, 0.717) is 13.1 Å². The van der Waals surface area contributed by atoms with E-state index >= 15 is 0 Å².